The molecule has 446 valence electrons. The third-order valence-electron chi connectivity index (χ3n) is 14.6. The van der Waals surface area contributed by atoms with Crippen LogP contribution in [0.2, 0.25) is 0 Å². The second kappa shape index (κ2) is 75.4. The van der Waals surface area contributed by atoms with E-state index in [1.54, 1.807) is 0 Å². The van der Waals surface area contributed by atoms with Gasteiger partial charge in [-0.15, -0.1) is 0 Å². The predicted octanol–water partition coefficient (Wildman–Crippen LogP) is 13.4. The summed E-state index contributed by atoms with van der Waals surface area (Å²) in [5.41, 5.74) is 0. The Labute approximate surface area is 854 Å². The first-order valence-corrected chi connectivity index (χ1v) is 23.9. The van der Waals surface area contributed by atoms with Crippen LogP contribution >= 0.6 is 0 Å². The van der Waals surface area contributed by atoms with Gasteiger partial charge in [0.1, 0.15) is 0 Å². The fourth-order valence-electron chi connectivity index (χ4n) is 10.1. The van der Waals surface area contributed by atoms with E-state index in [0.29, 0.717) is 42.7 Å². The fourth-order valence-corrected chi connectivity index (χ4v) is 10.1. The van der Waals surface area contributed by atoms with Crippen molar-refractivity contribution >= 4 is 0 Å². The molecule has 7 aliphatic carbocycles. The molecule has 7 aliphatic rings. The van der Waals surface area contributed by atoms with Crippen LogP contribution in [0.4, 0.5) is 0 Å². The Morgan fingerprint density at radius 1 is 0.229 bits per heavy atom. The maximum atomic E-state index is 8.92. The van der Waals surface area contributed by atoms with E-state index >= 15 is 0 Å². The minimum atomic E-state index is -0.140. The van der Waals surface area contributed by atoms with Crippen LogP contribution in [0.25, 0.3) is 0 Å². The monoisotopic (exact) mass is 1350 g/mol. The molecule has 7 rings (SSSR count). The average Bonchev–Trinajstić information content (AvgIpc) is 3.19. The van der Waals surface area contributed by atoms with Gasteiger partial charge in [-0.3, -0.25) is 0 Å². The van der Waals surface area contributed by atoms with Crippen molar-refractivity contribution in [2.75, 3.05) is 7.11 Å². The molecule has 0 aromatic carbocycles. The van der Waals surface area contributed by atoms with Crippen LogP contribution in [0.1, 0.15) is 229 Å². The number of ether oxygens (including phenoxy) is 4. The number of aliphatic hydroxyl groups excluding tert-OH is 2. The zero-order chi connectivity index (χ0) is 38.7. The van der Waals surface area contributed by atoms with E-state index in [1.807, 2.05) is 7.11 Å². The van der Waals surface area contributed by atoms with E-state index in [1.165, 1.54) is 141 Å². The first-order valence-electron chi connectivity index (χ1n) is 23.9. The van der Waals surface area contributed by atoms with Gasteiger partial charge >= 0.3 is 0 Å². The second-order valence-corrected chi connectivity index (χ2v) is 19.9. The molecule has 0 aromatic rings. The maximum Gasteiger partial charge on any atom is 0.0580 e. The Morgan fingerprint density at radius 3 is 0.514 bits per heavy atom. The Morgan fingerprint density at radius 2 is 0.357 bits per heavy atom. The molecule has 2 N–H and O–H groups in total. The molecule has 0 saturated heterocycles. The van der Waals surface area contributed by atoms with Gasteiger partial charge in [0.05, 0.1) is 54.9 Å². The minimum absolute atomic E-state index is 0. The smallest absolute Gasteiger partial charge is 0.0580 e. The van der Waals surface area contributed by atoms with Crippen LogP contribution in [-0.4, -0.2) is 72.3 Å². The number of methoxy groups -OCH3 is 1. The van der Waals surface area contributed by atoms with Crippen LogP contribution in [0.15, 0.2) is 0 Å². The zero-order valence-electron chi connectivity index (χ0n) is 41.4. The molecule has 70 heavy (non-hydrogen) atoms. The first kappa shape index (κ1) is 118. The van der Waals surface area contributed by atoms with Gasteiger partial charge in [-0.2, -0.15) is 0 Å². The summed E-state index contributed by atoms with van der Waals surface area (Å²) in [7, 11) is 1.84. The molecule has 7 fully saturated rings. The largest absolute Gasteiger partial charge is 0.393 e. The van der Waals surface area contributed by atoms with Gasteiger partial charge in [0.2, 0.25) is 0 Å². The van der Waals surface area contributed by atoms with Crippen LogP contribution in [0, 0.1) is 558 Å². The Kier molecular flexibility index (Phi) is 127. The summed E-state index contributed by atoms with van der Waals surface area (Å²) < 4.78 is 24.9. The number of aliphatic hydroxyl groups is 2. The van der Waals surface area contributed by atoms with Crippen molar-refractivity contribution < 1.29 is 557 Å². The SMILES string of the molecule is C.C.CC1CCC(C)CC1.CC1CCC(C)CC1.COC1CCC(OC2CCC(OC3CCC(OC4CCC(C)CC4)CC3)CC2)CC1.OC1CCC(O)CC1.[Ar].[Ar].[Ar].[Ar].[Ar].[Ar].[Ar].[Ar].[Ar].[Ar].[Ar].[Ar].[Ar].[Ar]. The molecule has 0 radical (unpaired) electrons. The number of hydrogen-bond acceptors (Lipinski definition) is 6. The number of hydrogen-bond donors (Lipinski definition) is 2. The van der Waals surface area contributed by atoms with E-state index in [-0.39, 0.29) is 555 Å². The van der Waals surface area contributed by atoms with Crippen LogP contribution in [-0.2, 0) is 18.9 Å². The van der Waals surface area contributed by atoms with Crippen LogP contribution in [0.3, 0.4) is 0 Å². The zero-order valence-corrected chi connectivity index (χ0v) is 51.3. The van der Waals surface area contributed by atoms with Gasteiger partial charge < -0.3 is 29.2 Å². The van der Waals surface area contributed by atoms with E-state index in [0.717, 1.165) is 68.1 Å². The minimum Gasteiger partial charge on any atom is -0.393 e. The molecule has 0 atom stereocenters. The summed E-state index contributed by atoms with van der Waals surface area (Å²) in [5.74, 6) is 4.98. The van der Waals surface area contributed by atoms with Crippen molar-refractivity contribution in [3.05, 3.63) is 0 Å². The summed E-state index contributed by atoms with van der Waals surface area (Å²) in [6, 6.07) is 0. The Balaban J connectivity index is -0.0000000628. The fraction of sp³-hybridized carbons (Fsp3) is 1.00. The van der Waals surface area contributed by atoms with Crippen molar-refractivity contribution in [2.24, 2.45) is 29.6 Å². The normalized spacial score (nSPS) is 32.2. The Hall–Kier alpha value is 17.4. The van der Waals surface area contributed by atoms with Gasteiger partial charge in [-0.25, -0.2) is 0 Å². The van der Waals surface area contributed by atoms with Crippen molar-refractivity contribution in [1.29, 1.82) is 0 Å². The summed E-state index contributed by atoms with van der Waals surface area (Å²) in [6.07, 6.45) is 37.3. The predicted molar refractivity (Wildman–Crippen MR) is 237 cm³/mol. The van der Waals surface area contributed by atoms with Crippen molar-refractivity contribution in [2.45, 2.75) is 284 Å². The molecule has 0 aliphatic heterocycles. The average molecular weight is 1350 g/mol. The summed E-state index contributed by atoms with van der Waals surface area (Å²) in [6.45, 7) is 11.8. The molecule has 7 saturated carbocycles. The third-order valence-corrected chi connectivity index (χ3v) is 14.6. The standard InChI is InChI=1S/C26H46O4.2C8H16.C6H12O2.2CH4.14Ar/c1-19-3-5-21(6-4-19)28-23-11-13-25(14-12-23)30-26-17-15-24(16-18-26)29-22-9-7-20(27-2)8-10-22;2*1-7-3-5-8(2)6-4-7;7-5-1-2-6(8)4-3-5;;;;;;;;;;;;;;;;/h19-26H,3-18H2,1-2H3;2*7-8H,3-6H2,1-2H3;5-8H,1-4H2;2*1H4;;;;;;;;;;;;;;. The second-order valence-electron chi connectivity index (χ2n) is 19.9. The van der Waals surface area contributed by atoms with Gasteiger partial charge in [0.25, 0.3) is 0 Å². The van der Waals surface area contributed by atoms with Crippen molar-refractivity contribution in [3.63, 3.8) is 0 Å². The van der Waals surface area contributed by atoms with Gasteiger partial charge in [-0.05, 0) is 158 Å². The van der Waals surface area contributed by atoms with Crippen LogP contribution < -0.4 is 0 Å². The molecule has 0 spiro atoms. The molecule has 0 amide bonds. The van der Waals surface area contributed by atoms with Crippen molar-refractivity contribution in [1.82, 2.24) is 0 Å². The van der Waals surface area contributed by atoms with Crippen LogP contribution in [0.5, 0.6) is 0 Å². The third kappa shape index (κ3) is 59.2. The summed E-state index contributed by atoms with van der Waals surface area (Å²) in [4.78, 5) is 0. The molecule has 0 aromatic heterocycles. The van der Waals surface area contributed by atoms with E-state index in [2.05, 4.69) is 34.6 Å². The quantitative estimate of drug-likeness (QED) is 0.265. The molecular formula is C50H98Ar14O6. The molecule has 6 nitrogen and oxygen atoms in total. The van der Waals surface area contributed by atoms with Gasteiger partial charge in [0.15, 0.2) is 0 Å². The maximum absolute atomic E-state index is 8.92. The van der Waals surface area contributed by atoms with E-state index < -0.39 is 0 Å². The Bertz CT molecular complexity index is 863. The van der Waals surface area contributed by atoms with Gasteiger partial charge in [-0.1, -0.05) is 101 Å². The van der Waals surface area contributed by atoms with Crippen molar-refractivity contribution in [3.8, 4) is 0 Å². The molecule has 20 heteroatoms. The molecule has 0 unspecified atom stereocenters. The molecular weight excluding hydrogens is 1260 g/mol. The topological polar surface area (TPSA) is 77.4 Å². The van der Waals surface area contributed by atoms with E-state index in [4.69, 9.17) is 29.2 Å². The molecule has 0 bridgehead atoms. The summed E-state index contributed by atoms with van der Waals surface area (Å²) in [5, 5.41) is 17.8. The van der Waals surface area contributed by atoms with E-state index in [9.17, 15) is 0 Å². The first-order chi connectivity index (χ1) is 26.0. The summed E-state index contributed by atoms with van der Waals surface area (Å²) >= 11 is 0. The van der Waals surface area contributed by atoms with Gasteiger partial charge in [0, 0.05) is 535 Å². The molecule has 0 heterocycles. The number of rotatable bonds is 7.